The number of aryl methyl sites for hydroxylation is 1. The molecule has 1 aliphatic rings. The Morgan fingerprint density at radius 3 is 2.79 bits per heavy atom. The molecule has 0 aliphatic carbocycles. The number of anilines is 1. The third-order valence-electron chi connectivity index (χ3n) is 3.21. The number of hydrogen-bond acceptors (Lipinski definition) is 3. The molecule has 4 nitrogen and oxygen atoms in total. The van der Waals surface area contributed by atoms with E-state index in [-0.39, 0.29) is 5.91 Å². The summed E-state index contributed by atoms with van der Waals surface area (Å²) in [4.78, 5) is 17.7. The lowest BCUT2D eigenvalue weighted by Gasteiger charge is -2.20. The van der Waals surface area contributed by atoms with Crippen molar-refractivity contribution in [2.75, 3.05) is 4.90 Å². The first-order valence-electron chi connectivity index (χ1n) is 5.82. The number of amides is 1. The summed E-state index contributed by atoms with van der Waals surface area (Å²) < 4.78 is 0. The van der Waals surface area contributed by atoms with Crippen molar-refractivity contribution < 1.29 is 9.90 Å². The van der Waals surface area contributed by atoms with Crippen LogP contribution in [0.25, 0.3) is 0 Å². The van der Waals surface area contributed by atoms with Gasteiger partial charge < -0.3 is 5.11 Å². The van der Waals surface area contributed by atoms with Gasteiger partial charge in [0.25, 0.3) is 5.91 Å². The van der Waals surface area contributed by atoms with Crippen LogP contribution in [0.15, 0.2) is 36.5 Å². The van der Waals surface area contributed by atoms with E-state index < -0.39 is 6.23 Å². The summed E-state index contributed by atoms with van der Waals surface area (Å²) in [6, 6.07) is 8.69. The summed E-state index contributed by atoms with van der Waals surface area (Å²) >= 11 is 5.92. The van der Waals surface area contributed by atoms with Crippen LogP contribution in [0.4, 0.5) is 5.82 Å². The number of aliphatic hydroxyl groups is 1. The molecule has 19 heavy (non-hydrogen) atoms. The summed E-state index contributed by atoms with van der Waals surface area (Å²) in [6.45, 7) is 1.83. The monoisotopic (exact) mass is 274 g/mol. The Hall–Kier alpha value is -1.91. The number of benzene rings is 1. The van der Waals surface area contributed by atoms with Gasteiger partial charge in [0.2, 0.25) is 0 Å². The second-order valence-electron chi connectivity index (χ2n) is 4.43. The van der Waals surface area contributed by atoms with E-state index in [0.717, 1.165) is 5.56 Å². The highest BCUT2D eigenvalue weighted by Gasteiger charge is 2.36. The van der Waals surface area contributed by atoms with E-state index >= 15 is 0 Å². The Kier molecular flexibility index (Phi) is 2.77. The number of rotatable bonds is 1. The molecular formula is C14H11ClN2O2. The van der Waals surface area contributed by atoms with Crippen molar-refractivity contribution in [2.45, 2.75) is 13.2 Å². The van der Waals surface area contributed by atoms with Crippen molar-refractivity contribution in [3.8, 4) is 0 Å². The van der Waals surface area contributed by atoms with E-state index in [1.807, 2.05) is 6.92 Å². The van der Waals surface area contributed by atoms with E-state index in [2.05, 4.69) is 4.98 Å². The molecule has 0 fully saturated rings. The molecule has 1 aromatic carbocycles. The molecule has 0 bridgehead atoms. The average molecular weight is 275 g/mol. The van der Waals surface area contributed by atoms with Crippen LogP contribution in [0.2, 0.25) is 5.02 Å². The van der Waals surface area contributed by atoms with Crippen molar-refractivity contribution >= 4 is 23.3 Å². The van der Waals surface area contributed by atoms with Gasteiger partial charge in [-0.15, -0.1) is 0 Å². The SMILES string of the molecule is Cc1cc(N2C(=O)c3ccccc3C2O)ncc1Cl. The van der Waals surface area contributed by atoms with E-state index in [0.29, 0.717) is 22.0 Å². The van der Waals surface area contributed by atoms with Crippen LogP contribution in [0.5, 0.6) is 0 Å². The first-order valence-corrected chi connectivity index (χ1v) is 6.20. The van der Waals surface area contributed by atoms with Gasteiger partial charge in [-0.2, -0.15) is 0 Å². The molecule has 1 aliphatic heterocycles. The van der Waals surface area contributed by atoms with Crippen LogP contribution in [-0.2, 0) is 0 Å². The molecule has 2 aromatic rings. The van der Waals surface area contributed by atoms with Crippen LogP contribution in [0.1, 0.15) is 27.7 Å². The predicted molar refractivity (Wildman–Crippen MR) is 72.2 cm³/mol. The first kappa shape index (κ1) is 12.1. The van der Waals surface area contributed by atoms with Crippen LogP contribution < -0.4 is 4.90 Å². The van der Waals surface area contributed by atoms with Gasteiger partial charge in [0.05, 0.1) is 5.02 Å². The molecule has 0 radical (unpaired) electrons. The normalized spacial score (nSPS) is 17.7. The van der Waals surface area contributed by atoms with Gasteiger partial charge in [0.1, 0.15) is 5.82 Å². The topological polar surface area (TPSA) is 53.4 Å². The smallest absolute Gasteiger partial charge is 0.262 e. The highest BCUT2D eigenvalue weighted by molar-refractivity contribution is 6.31. The molecule has 1 atom stereocenters. The van der Waals surface area contributed by atoms with Gasteiger partial charge in [-0.25, -0.2) is 4.98 Å². The second kappa shape index (κ2) is 4.33. The van der Waals surface area contributed by atoms with Gasteiger partial charge in [-0.3, -0.25) is 9.69 Å². The summed E-state index contributed by atoms with van der Waals surface area (Å²) in [7, 11) is 0. The Morgan fingerprint density at radius 2 is 2.11 bits per heavy atom. The fraction of sp³-hybridized carbons (Fsp3) is 0.143. The minimum atomic E-state index is -1.00. The standard InChI is InChI=1S/C14H11ClN2O2/c1-8-6-12(16-7-11(8)15)17-13(18)9-4-2-3-5-10(9)14(17)19/h2-7,13,18H,1H3. The maximum absolute atomic E-state index is 12.3. The van der Waals surface area contributed by atoms with E-state index in [1.54, 1.807) is 30.3 Å². The zero-order valence-corrected chi connectivity index (χ0v) is 10.9. The Balaban J connectivity index is 2.08. The summed E-state index contributed by atoms with van der Waals surface area (Å²) in [5.41, 5.74) is 1.91. The van der Waals surface area contributed by atoms with E-state index in [9.17, 15) is 9.90 Å². The number of fused-ring (bicyclic) bond motifs is 1. The number of pyridine rings is 1. The molecule has 0 spiro atoms. The predicted octanol–water partition coefficient (Wildman–Crippen LogP) is 2.69. The molecular weight excluding hydrogens is 264 g/mol. The lowest BCUT2D eigenvalue weighted by Crippen LogP contribution is -2.28. The molecule has 3 rings (SSSR count). The average Bonchev–Trinajstić information content (AvgIpc) is 2.66. The number of aliphatic hydroxyl groups excluding tert-OH is 1. The molecule has 1 unspecified atom stereocenters. The zero-order valence-electron chi connectivity index (χ0n) is 10.2. The lowest BCUT2D eigenvalue weighted by atomic mass is 10.1. The number of nitrogens with zero attached hydrogens (tertiary/aromatic N) is 2. The number of carbonyl (C=O) groups is 1. The number of halogens is 1. The van der Waals surface area contributed by atoms with Gasteiger partial charge in [-0.05, 0) is 24.6 Å². The third kappa shape index (κ3) is 1.80. The summed E-state index contributed by atoms with van der Waals surface area (Å²) in [5.74, 6) is 0.146. The van der Waals surface area contributed by atoms with Gasteiger partial charge in [0.15, 0.2) is 6.23 Å². The zero-order chi connectivity index (χ0) is 13.6. The number of carbonyl (C=O) groups excluding carboxylic acids is 1. The lowest BCUT2D eigenvalue weighted by molar-refractivity contribution is 0.0933. The van der Waals surface area contributed by atoms with Crippen molar-refractivity contribution in [3.63, 3.8) is 0 Å². The molecule has 1 N–H and O–H groups in total. The van der Waals surface area contributed by atoms with Crippen molar-refractivity contribution in [1.82, 2.24) is 4.98 Å². The molecule has 0 saturated heterocycles. The first-order chi connectivity index (χ1) is 9.09. The van der Waals surface area contributed by atoms with Gasteiger partial charge >= 0.3 is 0 Å². The molecule has 1 amide bonds. The minimum absolute atomic E-state index is 0.252. The third-order valence-corrected chi connectivity index (χ3v) is 3.61. The molecule has 0 saturated carbocycles. The molecule has 96 valence electrons. The van der Waals surface area contributed by atoms with Gasteiger partial charge in [-0.1, -0.05) is 29.8 Å². The molecule has 2 heterocycles. The molecule has 5 heteroatoms. The Morgan fingerprint density at radius 1 is 1.37 bits per heavy atom. The maximum atomic E-state index is 12.3. The maximum Gasteiger partial charge on any atom is 0.262 e. The van der Waals surface area contributed by atoms with Crippen LogP contribution in [0, 0.1) is 6.92 Å². The van der Waals surface area contributed by atoms with Crippen molar-refractivity contribution in [2.24, 2.45) is 0 Å². The van der Waals surface area contributed by atoms with Crippen molar-refractivity contribution in [3.05, 3.63) is 58.2 Å². The minimum Gasteiger partial charge on any atom is -0.369 e. The Labute approximate surface area is 115 Å². The number of aromatic nitrogens is 1. The van der Waals surface area contributed by atoms with Crippen LogP contribution >= 0.6 is 11.6 Å². The fourth-order valence-electron chi connectivity index (χ4n) is 2.18. The second-order valence-corrected chi connectivity index (χ2v) is 4.83. The molecule has 1 aromatic heterocycles. The van der Waals surface area contributed by atoms with Crippen LogP contribution in [0.3, 0.4) is 0 Å². The Bertz CT molecular complexity index is 672. The summed E-state index contributed by atoms with van der Waals surface area (Å²) in [6.07, 6.45) is 0.478. The van der Waals surface area contributed by atoms with Crippen molar-refractivity contribution in [1.29, 1.82) is 0 Å². The van der Waals surface area contributed by atoms with Crippen LogP contribution in [-0.4, -0.2) is 16.0 Å². The summed E-state index contributed by atoms with van der Waals surface area (Å²) in [5, 5.41) is 10.8. The van der Waals surface area contributed by atoms with Gasteiger partial charge in [0, 0.05) is 17.3 Å². The quantitative estimate of drug-likeness (QED) is 0.870. The van der Waals surface area contributed by atoms with E-state index in [1.165, 1.54) is 11.1 Å². The fourth-order valence-corrected chi connectivity index (χ4v) is 2.29. The largest absolute Gasteiger partial charge is 0.369 e. The number of hydrogen-bond donors (Lipinski definition) is 1. The van der Waals surface area contributed by atoms with E-state index in [4.69, 9.17) is 11.6 Å². The highest BCUT2D eigenvalue weighted by Crippen LogP contribution is 2.35. The highest BCUT2D eigenvalue weighted by atomic mass is 35.5.